The molecule has 2 aromatic rings. The molecule has 0 spiro atoms. The largest absolute Gasteiger partial charge is 0.253 e. The number of fused-ring (bicyclic) bond motifs is 1. The summed E-state index contributed by atoms with van der Waals surface area (Å²) in [7, 11) is 0. The third-order valence-corrected chi connectivity index (χ3v) is 3.73. The molecule has 0 saturated carbocycles. The van der Waals surface area contributed by atoms with Crippen LogP contribution in [0.1, 0.15) is 72.1 Å². The first-order chi connectivity index (χ1) is 11.5. The van der Waals surface area contributed by atoms with Crippen LogP contribution in [0.5, 0.6) is 0 Å². The van der Waals surface area contributed by atoms with Gasteiger partial charge >= 0.3 is 0 Å². The van der Waals surface area contributed by atoms with Crippen molar-refractivity contribution in [1.82, 2.24) is 4.98 Å². The lowest BCUT2D eigenvalue weighted by molar-refractivity contribution is 0.569. The highest BCUT2D eigenvalue weighted by atomic mass is 14.7. The van der Waals surface area contributed by atoms with E-state index in [0.717, 1.165) is 16.5 Å². The Morgan fingerprint density at radius 3 is 2.25 bits per heavy atom. The lowest BCUT2D eigenvalue weighted by Gasteiger charge is -2.28. The molecule has 2 rings (SSSR count). The fraction of sp³-hybridized carbons (Fsp3) is 0.526. The standard InChI is InChI=1S/C19H27N/c1-12-9-10-14-13(2)15(18(3,4)5)11-16(17(14)20-12)19(6,7)8/h9-11H,1-8H3/i1D3,6D3. The van der Waals surface area contributed by atoms with Crippen LogP contribution in [0.25, 0.3) is 10.9 Å². The van der Waals surface area contributed by atoms with Gasteiger partial charge in [-0.2, -0.15) is 0 Å². The molecule has 0 unspecified atom stereocenters. The zero-order valence-corrected chi connectivity index (χ0v) is 13.2. The van der Waals surface area contributed by atoms with Crippen molar-refractivity contribution >= 4 is 10.9 Å². The second-order valence-electron chi connectivity index (χ2n) is 7.06. The number of aromatic nitrogens is 1. The van der Waals surface area contributed by atoms with Crippen molar-refractivity contribution in [1.29, 1.82) is 0 Å². The second-order valence-corrected chi connectivity index (χ2v) is 7.06. The molecule has 20 heavy (non-hydrogen) atoms. The average molecular weight is 275 g/mol. The molecule has 0 aliphatic heterocycles. The number of pyridine rings is 1. The molecule has 0 aliphatic rings. The monoisotopic (exact) mass is 275 g/mol. The summed E-state index contributed by atoms with van der Waals surface area (Å²) >= 11 is 0. The molecule has 0 N–H and O–H groups in total. The highest BCUT2D eigenvalue weighted by Crippen LogP contribution is 2.37. The number of hydrogen-bond donors (Lipinski definition) is 0. The summed E-state index contributed by atoms with van der Waals surface area (Å²) < 4.78 is 47.0. The van der Waals surface area contributed by atoms with E-state index in [1.165, 1.54) is 6.07 Å². The Kier molecular flexibility index (Phi) is 2.02. The van der Waals surface area contributed by atoms with Gasteiger partial charge in [0.15, 0.2) is 0 Å². The van der Waals surface area contributed by atoms with Crippen LogP contribution in [0.3, 0.4) is 0 Å². The molecule has 0 radical (unpaired) electrons. The van der Waals surface area contributed by atoms with Gasteiger partial charge in [-0.15, -0.1) is 0 Å². The van der Waals surface area contributed by atoms with E-state index in [-0.39, 0.29) is 11.1 Å². The minimum atomic E-state index is -2.34. The van der Waals surface area contributed by atoms with Crippen molar-refractivity contribution in [3.05, 3.63) is 40.6 Å². The summed E-state index contributed by atoms with van der Waals surface area (Å²) in [5, 5.41) is 0.803. The van der Waals surface area contributed by atoms with E-state index >= 15 is 0 Å². The average Bonchev–Trinajstić information content (AvgIpc) is 2.43. The van der Waals surface area contributed by atoms with Gasteiger partial charge in [0.25, 0.3) is 0 Å². The van der Waals surface area contributed by atoms with Crippen molar-refractivity contribution in [2.75, 3.05) is 0 Å². The number of benzene rings is 1. The number of hydrogen-bond acceptors (Lipinski definition) is 1. The van der Waals surface area contributed by atoms with E-state index in [4.69, 9.17) is 8.22 Å². The molecular formula is C19H27N. The predicted molar refractivity (Wildman–Crippen MR) is 88.6 cm³/mol. The van der Waals surface area contributed by atoms with E-state index in [9.17, 15) is 0 Å². The fourth-order valence-electron chi connectivity index (χ4n) is 2.69. The lowest BCUT2D eigenvalue weighted by Crippen LogP contribution is -2.19. The lowest BCUT2D eigenvalue weighted by atomic mass is 9.77. The maximum Gasteiger partial charge on any atom is 0.0745 e. The molecule has 0 saturated heterocycles. The van der Waals surface area contributed by atoms with Crippen LogP contribution in [0, 0.1) is 13.8 Å². The Bertz CT molecular complexity index is 838. The zero-order valence-electron chi connectivity index (χ0n) is 19.2. The van der Waals surface area contributed by atoms with Crippen molar-refractivity contribution in [3.8, 4) is 0 Å². The van der Waals surface area contributed by atoms with E-state index in [2.05, 4.69) is 25.8 Å². The Labute approximate surface area is 131 Å². The molecule has 1 heterocycles. The van der Waals surface area contributed by atoms with E-state index in [1.807, 2.05) is 13.0 Å². The normalized spacial score (nSPS) is 18.7. The molecule has 0 bridgehead atoms. The molecule has 1 aromatic carbocycles. The van der Waals surface area contributed by atoms with Crippen LogP contribution in [-0.2, 0) is 10.8 Å². The van der Waals surface area contributed by atoms with Gasteiger partial charge in [-0.3, -0.25) is 4.98 Å². The summed E-state index contributed by atoms with van der Waals surface area (Å²) in [5.74, 6) is 0. The Hall–Kier alpha value is -1.37. The molecule has 1 aromatic heterocycles. The van der Waals surface area contributed by atoms with E-state index in [1.54, 1.807) is 19.9 Å². The van der Waals surface area contributed by atoms with Crippen LogP contribution < -0.4 is 0 Å². The first kappa shape index (κ1) is 8.81. The second kappa shape index (κ2) is 4.58. The van der Waals surface area contributed by atoms with Crippen LogP contribution >= 0.6 is 0 Å². The summed E-state index contributed by atoms with van der Waals surface area (Å²) in [6.07, 6.45) is 0. The molecule has 1 heteroatoms. The van der Waals surface area contributed by atoms with Gasteiger partial charge in [0.05, 0.1) is 5.52 Å². The zero-order chi connectivity index (χ0) is 20.3. The number of aryl methyl sites for hydroxylation is 2. The summed E-state index contributed by atoms with van der Waals surface area (Å²) in [4.78, 5) is 4.40. The van der Waals surface area contributed by atoms with Crippen molar-refractivity contribution in [2.24, 2.45) is 0 Å². The summed E-state index contributed by atoms with van der Waals surface area (Å²) in [5.41, 5.74) is 1.71. The molecule has 0 aliphatic carbocycles. The highest BCUT2D eigenvalue weighted by molar-refractivity contribution is 5.87. The SMILES string of the molecule is [2H]C([2H])([2H])c1ccc2c(C)c(C(C)(C)C)cc(C(C)(C)C([2H])([2H])[2H])c2n1. The Morgan fingerprint density at radius 1 is 1.00 bits per heavy atom. The molecule has 108 valence electrons. The van der Waals surface area contributed by atoms with Crippen LogP contribution in [-0.4, -0.2) is 4.98 Å². The highest BCUT2D eigenvalue weighted by Gasteiger charge is 2.25. The van der Waals surface area contributed by atoms with Gasteiger partial charge < -0.3 is 0 Å². The summed E-state index contributed by atoms with van der Waals surface area (Å²) in [6, 6.07) is 5.18. The van der Waals surface area contributed by atoms with Gasteiger partial charge in [0.2, 0.25) is 0 Å². The third-order valence-electron chi connectivity index (χ3n) is 3.73. The number of nitrogens with zero attached hydrogens (tertiary/aromatic N) is 1. The van der Waals surface area contributed by atoms with Gasteiger partial charge in [0, 0.05) is 19.3 Å². The van der Waals surface area contributed by atoms with E-state index < -0.39 is 19.1 Å². The van der Waals surface area contributed by atoms with Crippen molar-refractivity contribution < 1.29 is 8.22 Å². The topological polar surface area (TPSA) is 12.9 Å². The van der Waals surface area contributed by atoms with Gasteiger partial charge in [-0.05, 0) is 47.4 Å². The van der Waals surface area contributed by atoms with Crippen LogP contribution in [0.2, 0.25) is 0 Å². The first-order valence-corrected chi connectivity index (χ1v) is 6.94. The van der Waals surface area contributed by atoms with Gasteiger partial charge in [-0.25, -0.2) is 0 Å². The minimum absolute atomic E-state index is 0.0181. The molecular weight excluding hydrogens is 242 g/mol. The van der Waals surface area contributed by atoms with Crippen molar-refractivity contribution in [2.45, 2.75) is 66.1 Å². The fourth-order valence-corrected chi connectivity index (χ4v) is 2.69. The maximum atomic E-state index is 8.00. The summed E-state index contributed by atoms with van der Waals surface area (Å²) in [6.45, 7) is 6.97. The number of rotatable bonds is 0. The smallest absolute Gasteiger partial charge is 0.0745 e. The van der Waals surface area contributed by atoms with Crippen molar-refractivity contribution in [3.63, 3.8) is 0 Å². The molecule has 1 nitrogen and oxygen atoms in total. The molecule has 0 atom stereocenters. The van der Waals surface area contributed by atoms with Crippen LogP contribution in [0.15, 0.2) is 18.2 Å². The minimum Gasteiger partial charge on any atom is -0.253 e. The molecule has 0 fully saturated rings. The van der Waals surface area contributed by atoms with Gasteiger partial charge in [0.1, 0.15) is 0 Å². The maximum absolute atomic E-state index is 8.00. The third kappa shape index (κ3) is 2.59. The predicted octanol–water partition coefficient (Wildman–Crippen LogP) is 5.45. The Balaban J connectivity index is 3.01. The van der Waals surface area contributed by atoms with E-state index in [0.29, 0.717) is 11.1 Å². The quantitative estimate of drug-likeness (QED) is 0.623. The first-order valence-electron chi connectivity index (χ1n) is 9.94. The Morgan fingerprint density at radius 2 is 1.70 bits per heavy atom. The van der Waals surface area contributed by atoms with Crippen LogP contribution in [0.4, 0.5) is 0 Å². The van der Waals surface area contributed by atoms with Gasteiger partial charge in [-0.1, -0.05) is 53.6 Å². The molecule has 0 amide bonds.